The molecule has 0 aliphatic carbocycles. The molecule has 6 nitrogen and oxygen atoms in total. The molecule has 0 saturated carbocycles. The number of halogens is 3. The fourth-order valence-electron chi connectivity index (χ4n) is 2.98. The number of alkyl halides is 3. The number of rotatable bonds is 7. The maximum Gasteiger partial charge on any atom is 0.417 e. The van der Waals surface area contributed by atoms with Gasteiger partial charge in [-0.15, -0.1) is 0 Å². The topological polar surface area (TPSA) is 100 Å². The van der Waals surface area contributed by atoms with E-state index in [9.17, 15) is 23.1 Å². The molecule has 31 heavy (non-hydrogen) atoms. The van der Waals surface area contributed by atoms with E-state index in [4.69, 9.17) is 10.5 Å². The summed E-state index contributed by atoms with van der Waals surface area (Å²) in [6.07, 6.45) is -4.05. The van der Waals surface area contributed by atoms with Crippen LogP contribution >= 0.6 is 0 Å². The molecule has 2 rings (SSSR count). The van der Waals surface area contributed by atoms with Gasteiger partial charge in [0.1, 0.15) is 0 Å². The fraction of sp³-hybridized carbons (Fsp3) is 0.318. The molecule has 0 bridgehead atoms. The van der Waals surface area contributed by atoms with Crippen molar-refractivity contribution in [1.29, 1.82) is 10.5 Å². The van der Waals surface area contributed by atoms with Gasteiger partial charge in [-0.25, -0.2) is 0 Å². The summed E-state index contributed by atoms with van der Waals surface area (Å²) in [5.41, 5.74) is -2.70. The minimum absolute atomic E-state index is 0.124. The highest BCUT2D eigenvalue weighted by Gasteiger charge is 2.36. The SMILES string of the molecule is CCCN(CC(C)(O)C(=O)Nc1ccc(C#N)c(C(F)(F)F)c1)c1ccc(C#N)cc1. The number of anilines is 2. The minimum Gasteiger partial charge on any atom is -0.378 e. The van der Waals surface area contributed by atoms with Gasteiger partial charge in [0.15, 0.2) is 5.60 Å². The van der Waals surface area contributed by atoms with Crippen molar-refractivity contribution in [2.45, 2.75) is 32.0 Å². The van der Waals surface area contributed by atoms with Crippen LogP contribution in [0.1, 0.15) is 37.0 Å². The molecule has 0 heterocycles. The summed E-state index contributed by atoms with van der Waals surface area (Å²) >= 11 is 0. The number of nitrogens with zero attached hydrogens (tertiary/aromatic N) is 3. The second kappa shape index (κ2) is 9.50. The number of carbonyl (C=O) groups excluding carboxylic acids is 1. The van der Waals surface area contributed by atoms with Gasteiger partial charge in [-0.1, -0.05) is 6.92 Å². The lowest BCUT2D eigenvalue weighted by atomic mass is 10.0. The van der Waals surface area contributed by atoms with E-state index in [1.165, 1.54) is 19.1 Å². The third-order valence-electron chi connectivity index (χ3n) is 4.55. The minimum atomic E-state index is -4.76. The first-order valence-corrected chi connectivity index (χ1v) is 9.42. The van der Waals surface area contributed by atoms with Crippen LogP contribution in [0.15, 0.2) is 42.5 Å². The van der Waals surface area contributed by atoms with Gasteiger partial charge in [0, 0.05) is 17.9 Å². The Morgan fingerprint density at radius 3 is 2.29 bits per heavy atom. The molecule has 0 spiro atoms. The maximum atomic E-state index is 13.1. The first-order chi connectivity index (χ1) is 14.5. The average molecular weight is 430 g/mol. The predicted octanol–water partition coefficient (Wildman–Crippen LogP) is 4.05. The molecule has 2 aromatic rings. The van der Waals surface area contributed by atoms with Crippen LogP contribution in [-0.4, -0.2) is 29.7 Å². The van der Waals surface area contributed by atoms with Gasteiger partial charge in [0.25, 0.3) is 5.91 Å². The molecule has 1 unspecified atom stereocenters. The summed E-state index contributed by atoms with van der Waals surface area (Å²) in [4.78, 5) is 14.4. The average Bonchev–Trinajstić information content (AvgIpc) is 2.72. The number of benzene rings is 2. The van der Waals surface area contributed by atoms with Crippen LogP contribution in [0.25, 0.3) is 0 Å². The highest BCUT2D eigenvalue weighted by molar-refractivity contribution is 5.97. The largest absolute Gasteiger partial charge is 0.417 e. The van der Waals surface area contributed by atoms with Crippen LogP contribution in [-0.2, 0) is 11.0 Å². The van der Waals surface area contributed by atoms with Gasteiger partial charge < -0.3 is 15.3 Å². The van der Waals surface area contributed by atoms with Crippen LogP contribution in [0.4, 0.5) is 24.5 Å². The van der Waals surface area contributed by atoms with Crippen molar-refractivity contribution in [2.24, 2.45) is 0 Å². The molecule has 162 valence electrons. The quantitative estimate of drug-likeness (QED) is 0.690. The highest BCUT2D eigenvalue weighted by Crippen LogP contribution is 2.33. The van der Waals surface area contributed by atoms with E-state index in [0.29, 0.717) is 30.3 Å². The summed E-state index contributed by atoms with van der Waals surface area (Å²) in [5.74, 6) is -0.889. The molecule has 0 radical (unpaired) electrons. The summed E-state index contributed by atoms with van der Waals surface area (Å²) in [6, 6.07) is 12.9. The lowest BCUT2D eigenvalue weighted by molar-refractivity contribution is -0.138. The van der Waals surface area contributed by atoms with Crippen molar-refractivity contribution in [3.8, 4) is 12.1 Å². The number of amides is 1. The Labute approximate surface area is 178 Å². The van der Waals surface area contributed by atoms with Crippen molar-refractivity contribution < 1.29 is 23.1 Å². The van der Waals surface area contributed by atoms with E-state index in [2.05, 4.69) is 5.32 Å². The van der Waals surface area contributed by atoms with Gasteiger partial charge in [0.2, 0.25) is 0 Å². The summed E-state index contributed by atoms with van der Waals surface area (Å²) < 4.78 is 39.4. The summed E-state index contributed by atoms with van der Waals surface area (Å²) in [7, 11) is 0. The number of aliphatic hydroxyl groups is 1. The lowest BCUT2D eigenvalue weighted by Crippen LogP contribution is -2.50. The first kappa shape index (κ1) is 23.7. The van der Waals surface area contributed by atoms with Crippen LogP contribution in [0.5, 0.6) is 0 Å². The monoisotopic (exact) mass is 430 g/mol. The fourth-order valence-corrected chi connectivity index (χ4v) is 2.98. The van der Waals surface area contributed by atoms with Gasteiger partial charge >= 0.3 is 6.18 Å². The molecule has 0 aliphatic rings. The molecular formula is C22H21F3N4O2. The zero-order valence-electron chi connectivity index (χ0n) is 17.0. The smallest absolute Gasteiger partial charge is 0.378 e. The van der Waals surface area contributed by atoms with E-state index >= 15 is 0 Å². The Bertz CT molecular complexity index is 1020. The molecule has 2 N–H and O–H groups in total. The van der Waals surface area contributed by atoms with Crippen LogP contribution in [0.3, 0.4) is 0 Å². The van der Waals surface area contributed by atoms with Gasteiger partial charge in [0.05, 0.1) is 35.4 Å². The van der Waals surface area contributed by atoms with E-state index in [0.717, 1.165) is 6.07 Å². The van der Waals surface area contributed by atoms with Gasteiger partial charge in [-0.3, -0.25) is 4.79 Å². The lowest BCUT2D eigenvalue weighted by Gasteiger charge is -2.32. The van der Waals surface area contributed by atoms with E-state index < -0.39 is 28.8 Å². The number of hydrogen-bond acceptors (Lipinski definition) is 5. The second-order valence-corrected chi connectivity index (χ2v) is 7.18. The van der Waals surface area contributed by atoms with E-state index in [-0.39, 0.29) is 12.2 Å². The standard InChI is InChI=1S/C22H21F3N4O2/c1-3-10-29(18-8-4-15(12-26)5-9-18)14-21(2,31)20(30)28-17-7-6-16(13-27)19(11-17)22(23,24)25/h4-9,11,31H,3,10,14H2,1-2H3,(H,28,30). The number of hydrogen-bond donors (Lipinski definition) is 2. The number of nitriles is 2. The number of nitrogens with one attached hydrogen (secondary N) is 1. The van der Waals surface area contributed by atoms with Gasteiger partial charge in [-0.05, 0) is 55.8 Å². The van der Waals surface area contributed by atoms with Crippen LogP contribution in [0.2, 0.25) is 0 Å². The Morgan fingerprint density at radius 2 is 1.77 bits per heavy atom. The Kier molecular flexibility index (Phi) is 7.27. The third kappa shape index (κ3) is 5.97. The normalized spacial score (nSPS) is 12.9. The third-order valence-corrected chi connectivity index (χ3v) is 4.55. The molecule has 0 aromatic heterocycles. The zero-order valence-corrected chi connectivity index (χ0v) is 17.0. The molecule has 1 atom stereocenters. The molecule has 0 aliphatic heterocycles. The molecular weight excluding hydrogens is 409 g/mol. The van der Waals surface area contributed by atoms with Crippen molar-refractivity contribution in [1.82, 2.24) is 0 Å². The van der Waals surface area contributed by atoms with Crippen molar-refractivity contribution in [2.75, 3.05) is 23.3 Å². The molecule has 9 heteroatoms. The maximum absolute atomic E-state index is 13.1. The predicted molar refractivity (Wildman–Crippen MR) is 109 cm³/mol. The Balaban J connectivity index is 2.23. The van der Waals surface area contributed by atoms with Crippen LogP contribution < -0.4 is 10.2 Å². The van der Waals surface area contributed by atoms with E-state index in [1.807, 2.05) is 13.0 Å². The Morgan fingerprint density at radius 1 is 1.13 bits per heavy atom. The highest BCUT2D eigenvalue weighted by atomic mass is 19.4. The Hall–Kier alpha value is -3.56. The van der Waals surface area contributed by atoms with Crippen molar-refractivity contribution >= 4 is 17.3 Å². The van der Waals surface area contributed by atoms with Crippen molar-refractivity contribution in [3.63, 3.8) is 0 Å². The van der Waals surface area contributed by atoms with Crippen molar-refractivity contribution in [3.05, 3.63) is 59.2 Å². The van der Waals surface area contributed by atoms with Crippen LogP contribution in [0, 0.1) is 22.7 Å². The summed E-state index contributed by atoms with van der Waals surface area (Å²) in [6.45, 7) is 3.56. The second-order valence-electron chi connectivity index (χ2n) is 7.18. The first-order valence-electron chi connectivity index (χ1n) is 9.42. The molecule has 0 saturated heterocycles. The molecule has 1 amide bonds. The number of carbonyl (C=O) groups is 1. The van der Waals surface area contributed by atoms with E-state index in [1.54, 1.807) is 29.2 Å². The van der Waals surface area contributed by atoms with Gasteiger partial charge in [-0.2, -0.15) is 23.7 Å². The summed E-state index contributed by atoms with van der Waals surface area (Å²) in [5, 5.41) is 30.8. The molecule has 0 fully saturated rings. The molecule has 2 aromatic carbocycles. The zero-order chi connectivity index (χ0) is 23.2.